The summed E-state index contributed by atoms with van der Waals surface area (Å²) >= 11 is -1.22. The van der Waals surface area contributed by atoms with Gasteiger partial charge in [-0.05, 0) is 23.3 Å². The SMILES string of the molecule is Cn1c(C(F)(F)F)[n+](C)c2cc([S+](C)[O-])ccc21. The van der Waals surface area contributed by atoms with Gasteiger partial charge in [-0.15, -0.1) is 0 Å². The quantitative estimate of drug-likeness (QED) is 0.577. The molecule has 0 aliphatic rings. The Morgan fingerprint density at radius 1 is 1.33 bits per heavy atom. The second-order valence-electron chi connectivity index (χ2n) is 4.04. The van der Waals surface area contributed by atoms with Crippen molar-refractivity contribution in [2.45, 2.75) is 11.1 Å². The number of nitrogens with zero attached hydrogens (tertiary/aromatic N) is 2. The first kappa shape index (κ1) is 13.2. The topological polar surface area (TPSA) is 31.9 Å². The summed E-state index contributed by atoms with van der Waals surface area (Å²) in [6.45, 7) is 0. The Hall–Kier alpha value is -1.21. The van der Waals surface area contributed by atoms with E-state index in [2.05, 4.69) is 0 Å². The monoisotopic (exact) mass is 277 g/mol. The second kappa shape index (κ2) is 4.17. The van der Waals surface area contributed by atoms with Gasteiger partial charge >= 0.3 is 12.0 Å². The molecule has 1 aromatic heterocycles. The fraction of sp³-hybridized carbons (Fsp3) is 0.364. The van der Waals surface area contributed by atoms with Gasteiger partial charge in [0.2, 0.25) is 0 Å². The Bertz CT molecular complexity index is 604. The van der Waals surface area contributed by atoms with Crippen LogP contribution in [-0.2, 0) is 31.4 Å². The van der Waals surface area contributed by atoms with Crippen molar-refractivity contribution in [2.24, 2.45) is 14.1 Å². The molecule has 18 heavy (non-hydrogen) atoms. The lowest BCUT2D eigenvalue weighted by Gasteiger charge is -2.02. The van der Waals surface area contributed by atoms with Gasteiger partial charge in [-0.2, -0.15) is 13.2 Å². The summed E-state index contributed by atoms with van der Waals surface area (Å²) in [4.78, 5) is 0.512. The van der Waals surface area contributed by atoms with Crippen molar-refractivity contribution in [3.8, 4) is 0 Å². The van der Waals surface area contributed by atoms with Crippen LogP contribution in [0, 0.1) is 0 Å². The molecular formula is C11H12F3N2OS+. The maximum atomic E-state index is 12.9. The Morgan fingerprint density at radius 3 is 2.44 bits per heavy atom. The number of halogens is 3. The normalized spacial score (nSPS) is 14.2. The van der Waals surface area contributed by atoms with E-state index in [0.717, 1.165) is 9.13 Å². The Balaban J connectivity index is 2.78. The van der Waals surface area contributed by atoms with E-state index in [1.165, 1.54) is 26.4 Å². The van der Waals surface area contributed by atoms with Gasteiger partial charge in [-0.1, -0.05) is 0 Å². The smallest absolute Gasteiger partial charge is 0.495 e. The van der Waals surface area contributed by atoms with Crippen molar-refractivity contribution in [1.29, 1.82) is 0 Å². The molecule has 0 saturated carbocycles. The highest BCUT2D eigenvalue weighted by Gasteiger charge is 2.45. The highest BCUT2D eigenvalue weighted by Crippen LogP contribution is 2.29. The van der Waals surface area contributed by atoms with Gasteiger partial charge in [0.15, 0.2) is 15.9 Å². The zero-order valence-electron chi connectivity index (χ0n) is 10.1. The first-order valence-corrected chi connectivity index (χ1v) is 6.68. The van der Waals surface area contributed by atoms with E-state index >= 15 is 0 Å². The van der Waals surface area contributed by atoms with Gasteiger partial charge in [0.1, 0.15) is 6.26 Å². The van der Waals surface area contributed by atoms with Gasteiger partial charge in [0.05, 0.1) is 14.1 Å². The average Bonchev–Trinajstić information content (AvgIpc) is 2.50. The van der Waals surface area contributed by atoms with E-state index in [4.69, 9.17) is 0 Å². The van der Waals surface area contributed by atoms with E-state index in [9.17, 15) is 17.7 Å². The molecule has 0 bridgehead atoms. The molecule has 0 radical (unpaired) electrons. The average molecular weight is 277 g/mol. The zero-order chi connectivity index (χ0) is 13.7. The van der Waals surface area contributed by atoms with E-state index in [0.29, 0.717) is 15.9 Å². The van der Waals surface area contributed by atoms with Gasteiger partial charge in [-0.25, -0.2) is 9.13 Å². The van der Waals surface area contributed by atoms with E-state index in [1.54, 1.807) is 12.1 Å². The van der Waals surface area contributed by atoms with Crippen LogP contribution in [0.25, 0.3) is 11.0 Å². The summed E-state index contributed by atoms with van der Waals surface area (Å²) in [6, 6.07) is 4.67. The summed E-state index contributed by atoms with van der Waals surface area (Å²) < 4.78 is 52.2. The van der Waals surface area contributed by atoms with Crippen LogP contribution < -0.4 is 4.57 Å². The molecule has 7 heteroatoms. The van der Waals surface area contributed by atoms with Crippen molar-refractivity contribution in [3.05, 3.63) is 24.0 Å². The number of rotatable bonds is 1. The van der Waals surface area contributed by atoms with E-state index in [-0.39, 0.29) is 0 Å². The third kappa shape index (κ3) is 1.97. The molecule has 1 aromatic carbocycles. The largest absolute Gasteiger partial charge is 0.612 e. The Kier molecular flexibility index (Phi) is 3.06. The van der Waals surface area contributed by atoms with Gasteiger partial charge < -0.3 is 4.55 Å². The molecule has 1 unspecified atom stereocenters. The number of alkyl halides is 3. The number of hydrogen-bond acceptors (Lipinski definition) is 1. The lowest BCUT2D eigenvalue weighted by Crippen LogP contribution is -2.38. The third-order valence-electron chi connectivity index (χ3n) is 2.89. The molecule has 1 atom stereocenters. The fourth-order valence-electron chi connectivity index (χ4n) is 2.07. The maximum absolute atomic E-state index is 12.9. The standard InChI is InChI=1S/C11H12F3N2OS/c1-15-8-5-4-7(18(3)17)6-9(8)16(2)10(15)11(12,13)14/h4-6H,1-3H3/q+1. The molecule has 0 fully saturated rings. The highest BCUT2D eigenvalue weighted by molar-refractivity contribution is 7.90. The van der Waals surface area contributed by atoms with Crippen LogP contribution in [0.4, 0.5) is 13.2 Å². The summed E-state index contributed by atoms with van der Waals surface area (Å²) in [5.74, 6) is -0.739. The molecule has 0 aliphatic heterocycles. The molecule has 0 amide bonds. The minimum absolute atomic E-state index is 0.414. The second-order valence-corrected chi connectivity index (χ2v) is 5.42. The number of hydrogen-bond donors (Lipinski definition) is 0. The lowest BCUT2D eigenvalue weighted by atomic mass is 10.3. The van der Waals surface area contributed by atoms with Crippen LogP contribution in [0.1, 0.15) is 5.82 Å². The highest BCUT2D eigenvalue weighted by atomic mass is 32.2. The zero-order valence-corrected chi connectivity index (χ0v) is 10.9. The van der Waals surface area contributed by atoms with E-state index in [1.807, 2.05) is 0 Å². The summed E-state index contributed by atoms with van der Waals surface area (Å²) in [5, 5.41) is 0. The predicted octanol–water partition coefficient (Wildman–Crippen LogP) is 1.76. The molecule has 98 valence electrons. The third-order valence-corrected chi connectivity index (χ3v) is 3.81. The molecule has 0 spiro atoms. The summed E-state index contributed by atoms with van der Waals surface area (Å²) in [5.41, 5.74) is 0.872. The van der Waals surface area contributed by atoms with Crippen molar-refractivity contribution in [2.75, 3.05) is 6.26 Å². The summed E-state index contributed by atoms with van der Waals surface area (Å²) in [7, 11) is 2.72. The Labute approximate surface area is 105 Å². The lowest BCUT2D eigenvalue weighted by molar-refractivity contribution is -0.667. The minimum Gasteiger partial charge on any atom is -0.612 e. The summed E-state index contributed by atoms with van der Waals surface area (Å²) in [6.07, 6.45) is -2.93. The van der Waals surface area contributed by atoms with Crippen molar-refractivity contribution >= 4 is 22.2 Å². The number of fused-ring (bicyclic) bond motifs is 1. The van der Waals surface area contributed by atoms with Gasteiger partial charge in [0.25, 0.3) is 0 Å². The van der Waals surface area contributed by atoms with Crippen molar-refractivity contribution in [1.82, 2.24) is 4.57 Å². The molecule has 1 heterocycles. The molecule has 0 aliphatic carbocycles. The number of aromatic nitrogens is 2. The first-order valence-electron chi connectivity index (χ1n) is 5.12. The van der Waals surface area contributed by atoms with Crippen LogP contribution in [0.5, 0.6) is 0 Å². The number of imidazole rings is 1. The Morgan fingerprint density at radius 2 is 1.94 bits per heavy atom. The van der Waals surface area contributed by atoms with Crippen LogP contribution in [-0.4, -0.2) is 15.4 Å². The van der Waals surface area contributed by atoms with Crippen molar-refractivity contribution < 1.29 is 22.3 Å². The van der Waals surface area contributed by atoms with Gasteiger partial charge in [0, 0.05) is 6.07 Å². The van der Waals surface area contributed by atoms with Crippen LogP contribution in [0.15, 0.2) is 23.1 Å². The molecule has 2 rings (SSSR count). The number of benzene rings is 1. The van der Waals surface area contributed by atoms with Crippen molar-refractivity contribution in [3.63, 3.8) is 0 Å². The van der Waals surface area contributed by atoms with Crippen LogP contribution in [0.3, 0.4) is 0 Å². The minimum atomic E-state index is -4.42. The predicted molar refractivity (Wildman–Crippen MR) is 61.4 cm³/mol. The fourth-order valence-corrected chi connectivity index (χ4v) is 2.61. The van der Waals surface area contributed by atoms with Crippen LogP contribution >= 0.6 is 0 Å². The molecule has 3 nitrogen and oxygen atoms in total. The maximum Gasteiger partial charge on any atom is 0.495 e. The number of aryl methyl sites for hydroxylation is 2. The van der Waals surface area contributed by atoms with Crippen LogP contribution in [0.2, 0.25) is 0 Å². The van der Waals surface area contributed by atoms with Gasteiger partial charge in [-0.3, -0.25) is 0 Å². The molecule has 2 aromatic rings. The molecule has 0 N–H and O–H groups in total. The van der Waals surface area contributed by atoms with E-state index < -0.39 is 23.2 Å². The first-order chi connectivity index (χ1) is 8.23. The molecular weight excluding hydrogens is 265 g/mol. The molecule has 0 saturated heterocycles.